The van der Waals surface area contributed by atoms with E-state index in [4.69, 9.17) is 4.74 Å². The van der Waals surface area contributed by atoms with Gasteiger partial charge in [0.1, 0.15) is 11.8 Å². The number of hydrogen-bond acceptors (Lipinski definition) is 5. The van der Waals surface area contributed by atoms with Gasteiger partial charge in [0.15, 0.2) is 0 Å². The molecular formula is C20H26N4O4. The van der Waals surface area contributed by atoms with Gasteiger partial charge in [0, 0.05) is 26.6 Å². The molecule has 1 atom stereocenters. The van der Waals surface area contributed by atoms with E-state index >= 15 is 0 Å². The van der Waals surface area contributed by atoms with Crippen LogP contribution in [-0.4, -0.2) is 44.6 Å². The Hall–Kier alpha value is -2.48. The minimum Gasteiger partial charge on any atom is -0.368 e. The molecule has 0 unspecified atom stereocenters. The zero-order chi connectivity index (χ0) is 19.8. The molecule has 28 heavy (non-hydrogen) atoms. The zero-order valence-corrected chi connectivity index (χ0v) is 16.4. The average Bonchev–Trinajstić information content (AvgIpc) is 2.76. The van der Waals surface area contributed by atoms with Crippen molar-refractivity contribution >= 4 is 16.9 Å². The highest BCUT2D eigenvalue weighted by molar-refractivity contribution is 5.79. The van der Waals surface area contributed by atoms with E-state index in [-0.39, 0.29) is 23.5 Å². The third-order valence-electron chi connectivity index (χ3n) is 5.99. The largest absolute Gasteiger partial charge is 0.368 e. The Balaban J connectivity index is 1.61. The van der Waals surface area contributed by atoms with Crippen LogP contribution in [0.15, 0.2) is 21.7 Å². The minimum atomic E-state index is -0.416. The first-order chi connectivity index (χ1) is 13.5. The number of pyridine rings is 1. The van der Waals surface area contributed by atoms with E-state index in [2.05, 4.69) is 4.98 Å². The fourth-order valence-corrected chi connectivity index (χ4v) is 4.28. The highest BCUT2D eigenvalue weighted by atomic mass is 16.5. The number of aryl methyl sites for hydroxylation is 1. The molecule has 1 amide bonds. The number of aromatic nitrogens is 3. The van der Waals surface area contributed by atoms with Crippen molar-refractivity contribution in [2.24, 2.45) is 20.0 Å². The molecule has 0 aromatic carbocycles. The van der Waals surface area contributed by atoms with E-state index < -0.39 is 5.69 Å². The van der Waals surface area contributed by atoms with Gasteiger partial charge in [-0.1, -0.05) is 19.3 Å². The van der Waals surface area contributed by atoms with Crippen molar-refractivity contribution in [2.75, 3.05) is 19.7 Å². The molecule has 1 saturated carbocycles. The molecule has 0 spiro atoms. The van der Waals surface area contributed by atoms with Crippen molar-refractivity contribution in [3.63, 3.8) is 0 Å². The predicted molar refractivity (Wildman–Crippen MR) is 104 cm³/mol. The summed E-state index contributed by atoms with van der Waals surface area (Å²) in [5, 5.41) is 0.388. The first-order valence-electron chi connectivity index (χ1n) is 9.94. The fraction of sp³-hybridized carbons (Fsp3) is 0.600. The van der Waals surface area contributed by atoms with Crippen LogP contribution >= 0.6 is 0 Å². The number of carbonyl (C=O) groups is 1. The number of ether oxygens (including phenoxy) is 1. The standard InChI is InChI=1S/C20H26N4O4/c1-22-17-14(19(26)23(2)20(22)27)8-9-15(21-17)16-12-24(10-11-28-16)18(25)13-6-4-3-5-7-13/h8-9,13,16H,3-7,10-12H2,1-2H3/t16-/m1/s1. The lowest BCUT2D eigenvalue weighted by Gasteiger charge is -2.35. The molecule has 1 aliphatic carbocycles. The second-order valence-corrected chi connectivity index (χ2v) is 7.79. The van der Waals surface area contributed by atoms with Crippen molar-refractivity contribution in [1.29, 1.82) is 0 Å². The molecule has 1 saturated heterocycles. The molecule has 1 aliphatic heterocycles. The smallest absolute Gasteiger partial charge is 0.332 e. The van der Waals surface area contributed by atoms with E-state index in [1.54, 1.807) is 19.2 Å². The van der Waals surface area contributed by atoms with Crippen LogP contribution in [0.2, 0.25) is 0 Å². The van der Waals surface area contributed by atoms with Gasteiger partial charge in [-0.3, -0.25) is 18.7 Å². The average molecular weight is 386 g/mol. The van der Waals surface area contributed by atoms with E-state index in [1.165, 1.54) is 18.0 Å². The number of nitrogens with zero attached hydrogens (tertiary/aromatic N) is 4. The lowest BCUT2D eigenvalue weighted by Crippen LogP contribution is -2.45. The lowest BCUT2D eigenvalue weighted by atomic mass is 9.88. The Labute approximate surface area is 162 Å². The van der Waals surface area contributed by atoms with E-state index in [0.717, 1.165) is 30.3 Å². The molecule has 3 heterocycles. The Kier molecular flexibility index (Phi) is 5.05. The molecule has 8 heteroatoms. The second kappa shape index (κ2) is 7.50. The Bertz CT molecular complexity index is 1020. The van der Waals surface area contributed by atoms with Crippen molar-refractivity contribution in [3.8, 4) is 0 Å². The highest BCUT2D eigenvalue weighted by Crippen LogP contribution is 2.28. The quantitative estimate of drug-likeness (QED) is 0.772. The van der Waals surface area contributed by atoms with Crippen LogP contribution < -0.4 is 11.2 Å². The number of hydrogen-bond donors (Lipinski definition) is 0. The summed E-state index contributed by atoms with van der Waals surface area (Å²) in [6, 6.07) is 3.44. The fourth-order valence-electron chi connectivity index (χ4n) is 4.28. The third-order valence-corrected chi connectivity index (χ3v) is 5.99. The van der Waals surface area contributed by atoms with Crippen LogP contribution in [0, 0.1) is 5.92 Å². The SMILES string of the molecule is Cn1c(=O)c2ccc([C@H]3CN(C(=O)C4CCCCC4)CCO3)nc2n(C)c1=O. The van der Waals surface area contributed by atoms with Gasteiger partial charge in [0.25, 0.3) is 5.56 Å². The maximum atomic E-state index is 12.9. The summed E-state index contributed by atoms with van der Waals surface area (Å²) in [5.41, 5.74) is 0.193. The maximum Gasteiger partial charge on any atom is 0.332 e. The van der Waals surface area contributed by atoms with Gasteiger partial charge >= 0.3 is 5.69 Å². The molecule has 0 radical (unpaired) electrons. The van der Waals surface area contributed by atoms with Crippen molar-refractivity contribution in [1.82, 2.24) is 19.0 Å². The number of fused-ring (bicyclic) bond motifs is 1. The van der Waals surface area contributed by atoms with Gasteiger partial charge in [-0.25, -0.2) is 9.78 Å². The molecule has 4 rings (SSSR count). The number of carbonyl (C=O) groups excluding carboxylic acids is 1. The van der Waals surface area contributed by atoms with Gasteiger partial charge in [-0.2, -0.15) is 0 Å². The molecule has 2 aliphatic rings. The van der Waals surface area contributed by atoms with Gasteiger partial charge in [-0.05, 0) is 25.0 Å². The molecule has 0 bridgehead atoms. The van der Waals surface area contributed by atoms with Crippen LogP contribution in [0.4, 0.5) is 0 Å². The molecule has 2 fully saturated rings. The van der Waals surface area contributed by atoms with Crippen LogP contribution in [0.1, 0.15) is 43.9 Å². The summed E-state index contributed by atoms with van der Waals surface area (Å²) in [7, 11) is 3.05. The molecule has 150 valence electrons. The van der Waals surface area contributed by atoms with E-state index in [9.17, 15) is 14.4 Å². The normalized spacial score (nSPS) is 21.2. The Morgan fingerprint density at radius 3 is 2.61 bits per heavy atom. The van der Waals surface area contributed by atoms with Gasteiger partial charge in [-0.15, -0.1) is 0 Å². The Morgan fingerprint density at radius 2 is 1.86 bits per heavy atom. The number of morpholine rings is 1. The molecule has 8 nitrogen and oxygen atoms in total. The summed E-state index contributed by atoms with van der Waals surface area (Å²) in [5.74, 6) is 0.343. The van der Waals surface area contributed by atoms with E-state index in [0.29, 0.717) is 36.4 Å². The Morgan fingerprint density at radius 1 is 1.11 bits per heavy atom. The van der Waals surface area contributed by atoms with Crippen LogP contribution in [0.3, 0.4) is 0 Å². The monoisotopic (exact) mass is 386 g/mol. The zero-order valence-electron chi connectivity index (χ0n) is 16.4. The highest BCUT2D eigenvalue weighted by Gasteiger charge is 2.31. The van der Waals surface area contributed by atoms with Crippen LogP contribution in [0.25, 0.3) is 11.0 Å². The molecule has 0 N–H and O–H groups in total. The first-order valence-corrected chi connectivity index (χ1v) is 9.94. The summed E-state index contributed by atoms with van der Waals surface area (Å²) >= 11 is 0. The summed E-state index contributed by atoms with van der Waals surface area (Å²) in [6.45, 7) is 1.50. The van der Waals surface area contributed by atoms with Crippen molar-refractivity contribution in [3.05, 3.63) is 38.7 Å². The summed E-state index contributed by atoms with van der Waals surface area (Å²) in [6.07, 6.45) is 5.05. The molecular weight excluding hydrogens is 360 g/mol. The van der Waals surface area contributed by atoms with Crippen LogP contribution in [0.5, 0.6) is 0 Å². The second-order valence-electron chi connectivity index (χ2n) is 7.79. The van der Waals surface area contributed by atoms with Crippen molar-refractivity contribution in [2.45, 2.75) is 38.2 Å². The van der Waals surface area contributed by atoms with Gasteiger partial charge in [0.05, 0.1) is 24.2 Å². The van der Waals surface area contributed by atoms with Crippen LogP contribution in [-0.2, 0) is 23.6 Å². The summed E-state index contributed by atoms with van der Waals surface area (Å²) in [4.78, 5) is 43.9. The summed E-state index contributed by atoms with van der Waals surface area (Å²) < 4.78 is 8.32. The van der Waals surface area contributed by atoms with E-state index in [1.807, 2.05) is 4.90 Å². The third kappa shape index (κ3) is 3.26. The number of amides is 1. The molecule has 2 aromatic rings. The maximum absolute atomic E-state index is 12.9. The first kappa shape index (κ1) is 18.9. The topological polar surface area (TPSA) is 86.4 Å². The molecule has 2 aromatic heterocycles. The minimum absolute atomic E-state index is 0.126. The van der Waals surface area contributed by atoms with Crippen molar-refractivity contribution < 1.29 is 9.53 Å². The predicted octanol–water partition coefficient (Wildman–Crippen LogP) is 1.11. The van der Waals surface area contributed by atoms with Gasteiger partial charge < -0.3 is 9.64 Å². The number of rotatable bonds is 2. The van der Waals surface area contributed by atoms with Gasteiger partial charge in [0.2, 0.25) is 5.91 Å². The lowest BCUT2D eigenvalue weighted by molar-refractivity contribution is -0.144.